The maximum atomic E-state index is 12.9. The van der Waals surface area contributed by atoms with Crippen molar-refractivity contribution in [3.63, 3.8) is 0 Å². The molecule has 1 aliphatic rings. The first-order chi connectivity index (χ1) is 17.5. The van der Waals surface area contributed by atoms with Crippen LogP contribution in [0.3, 0.4) is 0 Å². The molecule has 1 N–H and O–H groups in total. The molecule has 4 rings (SSSR count). The molecule has 0 amide bonds. The standard InChI is InChI=1S/C29H36N4O3/c1-2-3-5-14-27-31-28(26(34)19-21-10-6-4-7-11-21)32-33(27)18-17-22-15-16-25(30-20-22)23-12-8-9-13-24(23)29(35)36/h8-9,12-13,15-16,20-21H,2-7,10-11,14,17-19H2,1H3,(H,35,36). The van der Waals surface area contributed by atoms with E-state index in [1.807, 2.05) is 22.9 Å². The summed E-state index contributed by atoms with van der Waals surface area (Å²) in [7, 11) is 0. The van der Waals surface area contributed by atoms with Gasteiger partial charge in [-0.25, -0.2) is 14.5 Å². The highest BCUT2D eigenvalue weighted by Crippen LogP contribution is 2.27. The summed E-state index contributed by atoms with van der Waals surface area (Å²) in [4.78, 5) is 33.7. The van der Waals surface area contributed by atoms with Crippen molar-refractivity contribution in [1.82, 2.24) is 19.7 Å². The molecule has 1 aromatic carbocycles. The molecule has 1 fully saturated rings. The zero-order valence-electron chi connectivity index (χ0n) is 21.2. The number of rotatable bonds is 12. The Hall–Kier alpha value is -3.35. The minimum absolute atomic E-state index is 0.0699. The maximum absolute atomic E-state index is 12.9. The second kappa shape index (κ2) is 12.6. The lowest BCUT2D eigenvalue weighted by Gasteiger charge is -2.19. The first kappa shape index (κ1) is 25.7. The Bertz CT molecular complexity index is 1160. The summed E-state index contributed by atoms with van der Waals surface area (Å²) in [6.07, 6.45) is 13.1. The number of carboxylic acid groups (broad SMARTS) is 1. The van der Waals surface area contributed by atoms with Gasteiger partial charge in [0.1, 0.15) is 5.82 Å². The fourth-order valence-electron chi connectivity index (χ4n) is 4.99. The van der Waals surface area contributed by atoms with Gasteiger partial charge in [-0.05, 0) is 36.5 Å². The van der Waals surface area contributed by atoms with Gasteiger partial charge < -0.3 is 5.11 Å². The minimum Gasteiger partial charge on any atom is -0.478 e. The fraction of sp³-hybridized carbons (Fsp3) is 0.483. The summed E-state index contributed by atoms with van der Waals surface area (Å²) in [5.41, 5.74) is 2.50. The molecule has 1 saturated carbocycles. The Morgan fingerprint density at radius 2 is 1.83 bits per heavy atom. The first-order valence-corrected chi connectivity index (χ1v) is 13.3. The van der Waals surface area contributed by atoms with Gasteiger partial charge in [-0.15, -0.1) is 5.10 Å². The molecule has 0 bridgehead atoms. The Labute approximate surface area is 213 Å². The third-order valence-electron chi connectivity index (χ3n) is 7.07. The second-order valence-electron chi connectivity index (χ2n) is 9.82. The molecule has 7 nitrogen and oxygen atoms in total. The third kappa shape index (κ3) is 6.65. The van der Waals surface area contributed by atoms with Crippen molar-refractivity contribution in [3.8, 4) is 11.3 Å². The average Bonchev–Trinajstić information content (AvgIpc) is 3.31. The molecule has 2 aromatic heterocycles. The van der Waals surface area contributed by atoms with Gasteiger partial charge in [-0.3, -0.25) is 9.78 Å². The lowest BCUT2D eigenvalue weighted by Crippen LogP contribution is -2.14. The Balaban J connectivity index is 1.44. The summed E-state index contributed by atoms with van der Waals surface area (Å²) < 4.78 is 1.90. The number of carboxylic acids is 1. The van der Waals surface area contributed by atoms with Crippen molar-refractivity contribution >= 4 is 11.8 Å². The van der Waals surface area contributed by atoms with E-state index in [2.05, 4.69) is 22.0 Å². The quantitative estimate of drug-likeness (QED) is 0.242. The summed E-state index contributed by atoms with van der Waals surface area (Å²) in [5.74, 6) is 0.825. The number of hydrogen-bond donors (Lipinski definition) is 1. The minimum atomic E-state index is -0.966. The number of unbranched alkanes of at least 4 members (excludes halogenated alkanes) is 2. The SMILES string of the molecule is CCCCCc1nc(C(=O)CC2CCCCC2)nn1CCc1ccc(-c2ccccc2C(=O)O)nc1. The molecule has 0 aliphatic heterocycles. The van der Waals surface area contributed by atoms with E-state index in [1.54, 1.807) is 24.4 Å². The van der Waals surface area contributed by atoms with E-state index in [0.29, 0.717) is 42.4 Å². The van der Waals surface area contributed by atoms with Crippen molar-refractivity contribution in [2.24, 2.45) is 5.92 Å². The van der Waals surface area contributed by atoms with Crippen molar-refractivity contribution in [1.29, 1.82) is 0 Å². The number of aromatic nitrogens is 4. The van der Waals surface area contributed by atoms with Crippen LogP contribution in [-0.4, -0.2) is 36.6 Å². The summed E-state index contributed by atoms with van der Waals surface area (Å²) in [6.45, 7) is 2.80. The highest BCUT2D eigenvalue weighted by Gasteiger charge is 2.22. The average molecular weight is 489 g/mol. The van der Waals surface area contributed by atoms with Crippen LogP contribution in [0.15, 0.2) is 42.6 Å². The lowest BCUT2D eigenvalue weighted by molar-refractivity contribution is 0.0697. The second-order valence-corrected chi connectivity index (χ2v) is 9.82. The van der Waals surface area contributed by atoms with E-state index in [4.69, 9.17) is 0 Å². The van der Waals surface area contributed by atoms with E-state index in [1.165, 1.54) is 19.3 Å². The van der Waals surface area contributed by atoms with Gasteiger partial charge in [0.25, 0.3) is 0 Å². The summed E-state index contributed by atoms with van der Waals surface area (Å²) in [5, 5.41) is 14.1. The molecule has 7 heteroatoms. The van der Waals surface area contributed by atoms with Crippen LogP contribution in [0.5, 0.6) is 0 Å². The van der Waals surface area contributed by atoms with Gasteiger partial charge in [0.05, 0.1) is 11.3 Å². The highest BCUT2D eigenvalue weighted by molar-refractivity contribution is 5.95. The van der Waals surface area contributed by atoms with Gasteiger partial charge in [0.2, 0.25) is 11.6 Å². The monoisotopic (exact) mass is 488 g/mol. The van der Waals surface area contributed by atoms with Gasteiger partial charge in [-0.1, -0.05) is 76.1 Å². The van der Waals surface area contributed by atoms with Crippen LogP contribution in [0, 0.1) is 5.92 Å². The molecule has 1 aliphatic carbocycles. The number of pyridine rings is 1. The van der Waals surface area contributed by atoms with E-state index >= 15 is 0 Å². The lowest BCUT2D eigenvalue weighted by atomic mass is 9.86. The number of nitrogens with zero attached hydrogens (tertiary/aromatic N) is 4. The van der Waals surface area contributed by atoms with Gasteiger partial charge in [0.15, 0.2) is 0 Å². The third-order valence-corrected chi connectivity index (χ3v) is 7.07. The van der Waals surface area contributed by atoms with Gasteiger partial charge >= 0.3 is 5.97 Å². The van der Waals surface area contributed by atoms with E-state index in [0.717, 1.165) is 49.9 Å². The topological polar surface area (TPSA) is 98.0 Å². The van der Waals surface area contributed by atoms with Crippen LogP contribution in [-0.2, 0) is 19.4 Å². The molecule has 2 heterocycles. The van der Waals surface area contributed by atoms with Crippen LogP contribution in [0.25, 0.3) is 11.3 Å². The Morgan fingerprint density at radius 1 is 1.03 bits per heavy atom. The summed E-state index contributed by atoms with van der Waals surface area (Å²) >= 11 is 0. The van der Waals surface area contributed by atoms with Crippen molar-refractivity contribution in [2.75, 3.05) is 0 Å². The molecular formula is C29H36N4O3. The molecule has 190 valence electrons. The molecule has 0 saturated heterocycles. The fourth-order valence-corrected chi connectivity index (χ4v) is 4.99. The number of carbonyl (C=O) groups is 2. The predicted molar refractivity (Wildman–Crippen MR) is 139 cm³/mol. The smallest absolute Gasteiger partial charge is 0.336 e. The predicted octanol–water partition coefficient (Wildman–Crippen LogP) is 6.17. The number of aryl methyl sites for hydroxylation is 3. The molecule has 0 spiro atoms. The Morgan fingerprint density at radius 3 is 2.56 bits per heavy atom. The maximum Gasteiger partial charge on any atom is 0.336 e. The number of ketones is 1. The number of aromatic carboxylic acids is 1. The summed E-state index contributed by atoms with van der Waals surface area (Å²) in [6, 6.07) is 10.7. The van der Waals surface area contributed by atoms with Gasteiger partial charge in [0, 0.05) is 31.1 Å². The highest BCUT2D eigenvalue weighted by atomic mass is 16.4. The molecule has 36 heavy (non-hydrogen) atoms. The molecule has 0 unspecified atom stereocenters. The molecule has 3 aromatic rings. The number of Topliss-reactive ketones (excluding diaryl/α,β-unsaturated/α-hetero) is 1. The van der Waals surface area contributed by atoms with Gasteiger partial charge in [-0.2, -0.15) is 0 Å². The zero-order chi connectivity index (χ0) is 25.3. The number of hydrogen-bond acceptors (Lipinski definition) is 5. The van der Waals surface area contributed by atoms with Crippen LogP contribution >= 0.6 is 0 Å². The van der Waals surface area contributed by atoms with Crippen LogP contribution < -0.4 is 0 Å². The molecular weight excluding hydrogens is 452 g/mol. The van der Waals surface area contributed by atoms with Crippen LogP contribution in [0.1, 0.15) is 97.1 Å². The molecule has 0 radical (unpaired) electrons. The number of benzene rings is 1. The Kier molecular flexibility index (Phi) is 8.98. The van der Waals surface area contributed by atoms with E-state index in [-0.39, 0.29) is 11.3 Å². The largest absolute Gasteiger partial charge is 0.478 e. The van der Waals surface area contributed by atoms with Crippen LogP contribution in [0.4, 0.5) is 0 Å². The van der Waals surface area contributed by atoms with Crippen molar-refractivity contribution in [2.45, 2.75) is 84.1 Å². The zero-order valence-corrected chi connectivity index (χ0v) is 21.2. The van der Waals surface area contributed by atoms with Crippen LogP contribution in [0.2, 0.25) is 0 Å². The number of carbonyl (C=O) groups excluding carboxylic acids is 1. The normalized spacial score (nSPS) is 14.1. The first-order valence-electron chi connectivity index (χ1n) is 13.3. The van der Waals surface area contributed by atoms with Crippen molar-refractivity contribution in [3.05, 3.63) is 65.4 Å². The molecule has 0 atom stereocenters. The van der Waals surface area contributed by atoms with E-state index in [9.17, 15) is 14.7 Å². The van der Waals surface area contributed by atoms with E-state index < -0.39 is 5.97 Å². The van der Waals surface area contributed by atoms with Crippen molar-refractivity contribution < 1.29 is 14.7 Å².